The predicted octanol–water partition coefficient (Wildman–Crippen LogP) is 4.76. The lowest BCUT2D eigenvalue weighted by molar-refractivity contribution is -0.386. The van der Waals surface area contributed by atoms with E-state index in [2.05, 4.69) is 13.8 Å². The highest BCUT2D eigenvalue weighted by atomic mass is 16.9. The molecule has 1 rings (SSSR count). The minimum atomic E-state index is -0.932. The van der Waals surface area contributed by atoms with Crippen LogP contribution in [0, 0.1) is 11.8 Å². The van der Waals surface area contributed by atoms with Crippen LogP contribution in [0.15, 0.2) is 0 Å². The summed E-state index contributed by atoms with van der Waals surface area (Å²) in [6.07, 6.45) is 11.4. The Hall–Kier alpha value is -0.160. The summed E-state index contributed by atoms with van der Waals surface area (Å²) < 4.78 is 22.6. The zero-order valence-electron chi connectivity index (χ0n) is 15.9. The van der Waals surface area contributed by atoms with Crippen LogP contribution < -0.4 is 0 Å². The van der Waals surface area contributed by atoms with Crippen LogP contribution in [0.2, 0.25) is 0 Å². The lowest BCUT2D eigenvalue weighted by Crippen LogP contribution is -2.47. The Kier molecular flexibility index (Phi) is 10.4. The van der Waals surface area contributed by atoms with Crippen LogP contribution in [0.5, 0.6) is 0 Å². The highest BCUT2D eigenvalue weighted by molar-refractivity contribution is 4.83. The van der Waals surface area contributed by atoms with Crippen LogP contribution in [0.1, 0.15) is 71.6 Å². The van der Waals surface area contributed by atoms with Crippen LogP contribution >= 0.6 is 0 Å². The van der Waals surface area contributed by atoms with Gasteiger partial charge in [-0.15, -0.1) is 0 Å². The maximum absolute atomic E-state index is 5.69. The van der Waals surface area contributed by atoms with Gasteiger partial charge in [-0.1, -0.05) is 52.4 Å². The van der Waals surface area contributed by atoms with Gasteiger partial charge < -0.3 is 18.9 Å². The molecule has 1 fully saturated rings. The Morgan fingerprint density at radius 1 is 0.913 bits per heavy atom. The molecule has 138 valence electrons. The summed E-state index contributed by atoms with van der Waals surface area (Å²) in [5, 5.41) is 0. The summed E-state index contributed by atoms with van der Waals surface area (Å²) in [5.74, 6) is -0.175. The van der Waals surface area contributed by atoms with Crippen molar-refractivity contribution in [2.75, 3.05) is 27.9 Å². The van der Waals surface area contributed by atoms with Crippen molar-refractivity contribution < 1.29 is 18.9 Å². The molecule has 1 aliphatic rings. The van der Waals surface area contributed by atoms with Gasteiger partial charge in [-0.05, 0) is 25.2 Å². The average molecular weight is 331 g/mol. The Morgan fingerprint density at radius 2 is 1.52 bits per heavy atom. The van der Waals surface area contributed by atoms with E-state index >= 15 is 0 Å². The minimum absolute atomic E-state index is 0.239. The molecule has 0 amide bonds. The molecule has 0 radical (unpaired) electrons. The molecular formula is C19H38O4. The fourth-order valence-electron chi connectivity index (χ4n) is 3.75. The fourth-order valence-corrected chi connectivity index (χ4v) is 3.75. The third kappa shape index (κ3) is 6.69. The molecule has 1 saturated heterocycles. The summed E-state index contributed by atoms with van der Waals surface area (Å²) in [7, 11) is 5.05. The molecule has 0 aliphatic carbocycles. The smallest absolute Gasteiger partial charge is 0.285 e. The molecule has 0 spiro atoms. The number of ether oxygens (including phenoxy) is 4. The molecule has 0 aromatic rings. The summed E-state index contributed by atoms with van der Waals surface area (Å²) in [5.41, 5.74) is 0. The Balaban J connectivity index is 2.71. The van der Waals surface area contributed by atoms with E-state index in [1.807, 2.05) is 0 Å². The standard InChI is InChI=1S/C19H38O4/c1-6-8-9-10-11-13-16(14-17-15-23-17)18(12-7-2)19(20-3,21-4)22-5/h16-18H,6-15H2,1-5H3. The van der Waals surface area contributed by atoms with Crippen molar-refractivity contribution in [3.05, 3.63) is 0 Å². The van der Waals surface area contributed by atoms with E-state index in [9.17, 15) is 0 Å². The molecule has 1 aliphatic heterocycles. The normalized spacial score (nSPS) is 20.5. The molecule has 0 aromatic heterocycles. The molecule has 3 unspecified atom stereocenters. The lowest BCUT2D eigenvalue weighted by atomic mass is 9.79. The molecule has 1 heterocycles. The lowest BCUT2D eigenvalue weighted by Gasteiger charge is -2.40. The Labute approximate surface area is 143 Å². The summed E-state index contributed by atoms with van der Waals surface area (Å²) in [4.78, 5) is 0. The fraction of sp³-hybridized carbons (Fsp3) is 1.00. The number of rotatable bonds is 15. The topological polar surface area (TPSA) is 40.2 Å². The van der Waals surface area contributed by atoms with Gasteiger partial charge in [-0.2, -0.15) is 0 Å². The van der Waals surface area contributed by atoms with Crippen molar-refractivity contribution >= 4 is 0 Å². The van der Waals surface area contributed by atoms with Crippen molar-refractivity contribution in [3.63, 3.8) is 0 Å². The van der Waals surface area contributed by atoms with E-state index in [0.29, 0.717) is 12.0 Å². The Bertz CT molecular complexity index is 279. The molecule has 0 saturated carbocycles. The molecule has 0 N–H and O–H groups in total. The molecule has 4 heteroatoms. The van der Waals surface area contributed by atoms with E-state index in [0.717, 1.165) is 25.9 Å². The maximum Gasteiger partial charge on any atom is 0.285 e. The molecule has 3 atom stereocenters. The van der Waals surface area contributed by atoms with E-state index in [4.69, 9.17) is 18.9 Å². The monoisotopic (exact) mass is 330 g/mol. The first-order chi connectivity index (χ1) is 11.2. The van der Waals surface area contributed by atoms with Gasteiger partial charge in [0.25, 0.3) is 5.97 Å². The van der Waals surface area contributed by atoms with E-state index in [1.165, 1.54) is 38.5 Å². The molecule has 23 heavy (non-hydrogen) atoms. The zero-order valence-corrected chi connectivity index (χ0v) is 15.9. The van der Waals surface area contributed by atoms with Crippen LogP contribution in [0.25, 0.3) is 0 Å². The molecule has 4 nitrogen and oxygen atoms in total. The first-order valence-electron chi connectivity index (χ1n) is 9.44. The van der Waals surface area contributed by atoms with Gasteiger partial charge >= 0.3 is 0 Å². The number of epoxide rings is 1. The van der Waals surface area contributed by atoms with Crippen molar-refractivity contribution in [2.24, 2.45) is 11.8 Å². The van der Waals surface area contributed by atoms with Crippen molar-refractivity contribution in [1.82, 2.24) is 0 Å². The number of hydrogen-bond donors (Lipinski definition) is 0. The van der Waals surface area contributed by atoms with Crippen LogP contribution in [-0.2, 0) is 18.9 Å². The van der Waals surface area contributed by atoms with Crippen molar-refractivity contribution in [3.8, 4) is 0 Å². The van der Waals surface area contributed by atoms with Crippen LogP contribution in [0.3, 0.4) is 0 Å². The van der Waals surface area contributed by atoms with Gasteiger partial charge in [0.15, 0.2) is 0 Å². The highest BCUT2D eigenvalue weighted by Crippen LogP contribution is 2.40. The van der Waals surface area contributed by atoms with E-state index in [1.54, 1.807) is 21.3 Å². The number of unbranched alkanes of at least 4 members (excludes halogenated alkanes) is 4. The second-order valence-electron chi connectivity index (χ2n) is 6.77. The minimum Gasteiger partial charge on any atom is -0.373 e. The summed E-state index contributed by atoms with van der Waals surface area (Å²) >= 11 is 0. The molecular weight excluding hydrogens is 292 g/mol. The molecule has 0 bridgehead atoms. The average Bonchev–Trinajstić information content (AvgIpc) is 3.39. The number of hydrogen-bond acceptors (Lipinski definition) is 4. The van der Waals surface area contributed by atoms with Gasteiger partial charge in [-0.25, -0.2) is 0 Å². The Morgan fingerprint density at radius 3 is 2.00 bits per heavy atom. The van der Waals surface area contributed by atoms with Gasteiger partial charge in [-0.3, -0.25) is 0 Å². The summed E-state index contributed by atoms with van der Waals surface area (Å²) in [6, 6.07) is 0. The molecule has 0 aromatic carbocycles. The zero-order chi connectivity index (χ0) is 17.1. The second-order valence-corrected chi connectivity index (χ2v) is 6.77. The number of methoxy groups -OCH3 is 3. The van der Waals surface area contributed by atoms with E-state index in [-0.39, 0.29) is 5.92 Å². The SMILES string of the molecule is CCCCCCCC(CC1CO1)C(CCC)C(OC)(OC)OC. The first kappa shape index (κ1) is 20.9. The van der Waals surface area contributed by atoms with Crippen LogP contribution in [-0.4, -0.2) is 40.0 Å². The second kappa shape index (κ2) is 11.4. The first-order valence-corrected chi connectivity index (χ1v) is 9.44. The third-order valence-electron chi connectivity index (χ3n) is 5.12. The van der Waals surface area contributed by atoms with E-state index < -0.39 is 5.97 Å². The summed E-state index contributed by atoms with van der Waals surface area (Å²) in [6.45, 7) is 5.38. The predicted molar refractivity (Wildman–Crippen MR) is 93.4 cm³/mol. The van der Waals surface area contributed by atoms with Gasteiger partial charge in [0.2, 0.25) is 0 Å². The van der Waals surface area contributed by atoms with Gasteiger partial charge in [0, 0.05) is 27.2 Å². The van der Waals surface area contributed by atoms with Crippen molar-refractivity contribution in [1.29, 1.82) is 0 Å². The van der Waals surface area contributed by atoms with Gasteiger partial charge in [0.1, 0.15) is 0 Å². The maximum atomic E-state index is 5.69. The third-order valence-corrected chi connectivity index (χ3v) is 5.12. The van der Waals surface area contributed by atoms with Crippen LogP contribution in [0.4, 0.5) is 0 Å². The van der Waals surface area contributed by atoms with Crippen molar-refractivity contribution in [2.45, 2.75) is 83.7 Å². The highest BCUT2D eigenvalue weighted by Gasteiger charge is 2.45. The largest absolute Gasteiger partial charge is 0.373 e. The quantitative estimate of drug-likeness (QED) is 0.246. The van der Waals surface area contributed by atoms with Gasteiger partial charge in [0.05, 0.1) is 12.7 Å².